The van der Waals surface area contributed by atoms with Gasteiger partial charge < -0.3 is 15.4 Å². The highest BCUT2D eigenvalue weighted by atomic mass is 16.5. The Balaban J connectivity index is 3.91. The molecular formula is C12H21N3O2. The molecule has 96 valence electrons. The molecule has 0 saturated carbocycles. The Bertz CT molecular complexity index is 282. The normalized spacial score (nSPS) is 10.8. The zero-order valence-corrected chi connectivity index (χ0v) is 10.6. The molecule has 2 N–H and O–H groups in total. The molecule has 5 heteroatoms. The van der Waals surface area contributed by atoms with Crippen LogP contribution in [0.4, 0.5) is 0 Å². The van der Waals surface area contributed by atoms with E-state index in [0.29, 0.717) is 13.2 Å². The van der Waals surface area contributed by atoms with Crippen molar-refractivity contribution < 1.29 is 9.53 Å². The number of ether oxygens (including phenoxy) is 1. The molecule has 0 aliphatic rings. The summed E-state index contributed by atoms with van der Waals surface area (Å²) in [5.41, 5.74) is 0.0950. The molecule has 0 atom stereocenters. The van der Waals surface area contributed by atoms with Crippen LogP contribution >= 0.6 is 0 Å². The summed E-state index contributed by atoms with van der Waals surface area (Å²) in [7, 11) is 1.56. The molecule has 1 amide bonds. The SMILES string of the molecule is CCCCCN/C=C(/C#N)C(=O)NCCOC. The van der Waals surface area contributed by atoms with E-state index in [9.17, 15) is 4.79 Å². The number of hydrogen-bond donors (Lipinski definition) is 2. The second-order valence-electron chi connectivity index (χ2n) is 3.58. The van der Waals surface area contributed by atoms with Gasteiger partial charge in [-0.25, -0.2) is 0 Å². The van der Waals surface area contributed by atoms with E-state index < -0.39 is 0 Å². The second kappa shape index (κ2) is 11.0. The highest BCUT2D eigenvalue weighted by Gasteiger charge is 2.06. The van der Waals surface area contributed by atoms with Crippen LogP contribution in [0.3, 0.4) is 0 Å². The second-order valence-corrected chi connectivity index (χ2v) is 3.58. The number of methoxy groups -OCH3 is 1. The Morgan fingerprint density at radius 1 is 1.41 bits per heavy atom. The third-order valence-corrected chi connectivity index (χ3v) is 2.13. The van der Waals surface area contributed by atoms with Gasteiger partial charge in [0.2, 0.25) is 0 Å². The van der Waals surface area contributed by atoms with Crippen molar-refractivity contribution in [3.63, 3.8) is 0 Å². The van der Waals surface area contributed by atoms with Crippen LogP contribution in [-0.4, -0.2) is 32.7 Å². The summed E-state index contributed by atoms with van der Waals surface area (Å²) in [6.45, 7) is 3.75. The van der Waals surface area contributed by atoms with Gasteiger partial charge in [0, 0.05) is 26.4 Å². The van der Waals surface area contributed by atoms with Crippen molar-refractivity contribution in [3.05, 3.63) is 11.8 Å². The third kappa shape index (κ3) is 8.29. The lowest BCUT2D eigenvalue weighted by Crippen LogP contribution is -2.28. The summed E-state index contributed by atoms with van der Waals surface area (Å²) in [6.07, 6.45) is 4.80. The van der Waals surface area contributed by atoms with E-state index in [0.717, 1.165) is 25.8 Å². The summed E-state index contributed by atoms with van der Waals surface area (Å²) in [6, 6.07) is 1.87. The predicted molar refractivity (Wildman–Crippen MR) is 66.1 cm³/mol. The third-order valence-electron chi connectivity index (χ3n) is 2.13. The maximum atomic E-state index is 11.5. The first-order valence-electron chi connectivity index (χ1n) is 5.87. The highest BCUT2D eigenvalue weighted by Crippen LogP contribution is 1.93. The molecule has 0 unspecified atom stereocenters. The molecule has 0 saturated heterocycles. The number of carbonyl (C=O) groups is 1. The first-order valence-corrected chi connectivity index (χ1v) is 5.87. The maximum absolute atomic E-state index is 11.5. The monoisotopic (exact) mass is 239 g/mol. The quantitative estimate of drug-likeness (QED) is 0.357. The lowest BCUT2D eigenvalue weighted by molar-refractivity contribution is -0.117. The summed E-state index contributed by atoms with van der Waals surface area (Å²) in [4.78, 5) is 11.5. The van der Waals surface area contributed by atoms with E-state index in [2.05, 4.69) is 17.6 Å². The molecular weight excluding hydrogens is 218 g/mol. The molecule has 5 nitrogen and oxygen atoms in total. The smallest absolute Gasteiger partial charge is 0.263 e. The largest absolute Gasteiger partial charge is 0.390 e. The minimum atomic E-state index is -0.368. The Labute approximate surface area is 103 Å². The van der Waals surface area contributed by atoms with Gasteiger partial charge in [-0.15, -0.1) is 0 Å². The molecule has 0 bridgehead atoms. The fourth-order valence-corrected chi connectivity index (χ4v) is 1.16. The average molecular weight is 239 g/mol. The molecule has 0 aliphatic carbocycles. The highest BCUT2D eigenvalue weighted by molar-refractivity contribution is 5.97. The summed E-state index contributed by atoms with van der Waals surface area (Å²) in [5.74, 6) is -0.368. The Morgan fingerprint density at radius 3 is 2.76 bits per heavy atom. The molecule has 0 aromatic heterocycles. The number of hydrogen-bond acceptors (Lipinski definition) is 4. The van der Waals surface area contributed by atoms with Crippen molar-refractivity contribution in [3.8, 4) is 6.07 Å². The number of carbonyl (C=O) groups excluding carboxylic acids is 1. The van der Waals surface area contributed by atoms with Crippen LogP contribution in [0, 0.1) is 11.3 Å². The molecule has 0 spiro atoms. The van der Waals surface area contributed by atoms with Crippen LogP contribution in [0.5, 0.6) is 0 Å². The lowest BCUT2D eigenvalue weighted by atomic mass is 10.2. The Kier molecular flexibility index (Phi) is 9.97. The van der Waals surface area contributed by atoms with Crippen molar-refractivity contribution in [1.29, 1.82) is 5.26 Å². The zero-order valence-electron chi connectivity index (χ0n) is 10.6. The van der Waals surface area contributed by atoms with E-state index in [1.807, 2.05) is 6.07 Å². The van der Waals surface area contributed by atoms with Gasteiger partial charge in [0.15, 0.2) is 0 Å². The van der Waals surface area contributed by atoms with E-state index in [1.54, 1.807) is 7.11 Å². The van der Waals surface area contributed by atoms with Crippen molar-refractivity contribution >= 4 is 5.91 Å². The number of nitriles is 1. The first-order chi connectivity index (χ1) is 8.26. The van der Waals surface area contributed by atoms with E-state index in [-0.39, 0.29) is 11.5 Å². The fourth-order valence-electron chi connectivity index (χ4n) is 1.16. The Hall–Kier alpha value is -1.54. The predicted octanol–water partition coefficient (Wildman–Crippen LogP) is 0.936. The van der Waals surface area contributed by atoms with Crippen molar-refractivity contribution in [2.24, 2.45) is 0 Å². The average Bonchev–Trinajstić information content (AvgIpc) is 2.34. The van der Waals surface area contributed by atoms with Gasteiger partial charge in [-0.1, -0.05) is 19.8 Å². The van der Waals surface area contributed by atoms with Crippen molar-refractivity contribution in [2.45, 2.75) is 26.2 Å². The van der Waals surface area contributed by atoms with Gasteiger partial charge >= 0.3 is 0 Å². The fraction of sp³-hybridized carbons (Fsp3) is 0.667. The van der Waals surface area contributed by atoms with Crippen molar-refractivity contribution in [2.75, 3.05) is 26.8 Å². The number of nitrogens with one attached hydrogen (secondary N) is 2. The van der Waals surface area contributed by atoms with Gasteiger partial charge in [-0.05, 0) is 6.42 Å². The number of rotatable bonds is 9. The van der Waals surface area contributed by atoms with Crippen LogP contribution in [0.25, 0.3) is 0 Å². The topological polar surface area (TPSA) is 74.2 Å². The van der Waals surface area contributed by atoms with Gasteiger partial charge in [0.1, 0.15) is 11.6 Å². The van der Waals surface area contributed by atoms with Gasteiger partial charge in [-0.2, -0.15) is 5.26 Å². The number of unbranched alkanes of at least 4 members (excludes halogenated alkanes) is 2. The molecule has 17 heavy (non-hydrogen) atoms. The van der Waals surface area contributed by atoms with Gasteiger partial charge in [0.05, 0.1) is 6.61 Å². The molecule has 0 rings (SSSR count). The van der Waals surface area contributed by atoms with Crippen LogP contribution in [0.2, 0.25) is 0 Å². The standard InChI is InChI=1S/C12H21N3O2/c1-3-4-5-6-14-10-11(9-13)12(16)15-7-8-17-2/h10,14H,3-8H2,1-2H3,(H,15,16)/b11-10-. The van der Waals surface area contributed by atoms with Crippen LogP contribution in [0.15, 0.2) is 11.8 Å². The van der Waals surface area contributed by atoms with Crippen LogP contribution < -0.4 is 10.6 Å². The van der Waals surface area contributed by atoms with E-state index >= 15 is 0 Å². The number of nitrogens with zero attached hydrogens (tertiary/aromatic N) is 1. The van der Waals surface area contributed by atoms with Gasteiger partial charge in [0.25, 0.3) is 5.91 Å². The van der Waals surface area contributed by atoms with E-state index in [4.69, 9.17) is 10.00 Å². The zero-order chi connectivity index (χ0) is 12.9. The van der Waals surface area contributed by atoms with E-state index in [1.165, 1.54) is 6.20 Å². The Morgan fingerprint density at radius 2 is 2.18 bits per heavy atom. The molecule has 0 aromatic carbocycles. The van der Waals surface area contributed by atoms with Crippen LogP contribution in [0.1, 0.15) is 26.2 Å². The first kappa shape index (κ1) is 15.5. The minimum Gasteiger partial charge on any atom is -0.390 e. The molecule has 0 radical (unpaired) electrons. The summed E-state index contributed by atoms with van der Waals surface area (Å²) in [5, 5.41) is 14.4. The number of amides is 1. The minimum absolute atomic E-state index is 0.0950. The van der Waals surface area contributed by atoms with Crippen LogP contribution in [-0.2, 0) is 9.53 Å². The molecule has 0 fully saturated rings. The molecule has 0 heterocycles. The lowest BCUT2D eigenvalue weighted by Gasteiger charge is -2.04. The molecule has 0 aromatic rings. The summed E-state index contributed by atoms with van der Waals surface area (Å²) < 4.78 is 4.80. The summed E-state index contributed by atoms with van der Waals surface area (Å²) >= 11 is 0. The van der Waals surface area contributed by atoms with Crippen molar-refractivity contribution in [1.82, 2.24) is 10.6 Å². The molecule has 0 aliphatic heterocycles. The maximum Gasteiger partial charge on any atom is 0.263 e. The van der Waals surface area contributed by atoms with Gasteiger partial charge in [-0.3, -0.25) is 4.79 Å².